The summed E-state index contributed by atoms with van der Waals surface area (Å²) in [5.41, 5.74) is 1.04. The summed E-state index contributed by atoms with van der Waals surface area (Å²) in [5, 5.41) is 3.77. The van der Waals surface area contributed by atoms with E-state index in [0.29, 0.717) is 11.3 Å². The third kappa shape index (κ3) is 4.58. The van der Waals surface area contributed by atoms with E-state index in [1.807, 2.05) is 19.9 Å². The minimum atomic E-state index is -0.377. The normalized spacial score (nSPS) is 12.1. The zero-order chi connectivity index (χ0) is 16.8. The van der Waals surface area contributed by atoms with Gasteiger partial charge in [0.2, 0.25) is 0 Å². The molecule has 0 fully saturated rings. The fraction of sp³-hybridized carbons (Fsp3) is 0.444. The van der Waals surface area contributed by atoms with E-state index in [-0.39, 0.29) is 24.2 Å². The molecule has 1 N–H and O–H groups in total. The Morgan fingerprint density at radius 2 is 2.09 bits per heavy atom. The summed E-state index contributed by atoms with van der Waals surface area (Å²) in [4.78, 5) is 23.4. The first-order valence-corrected chi connectivity index (χ1v) is 8.02. The van der Waals surface area contributed by atoms with Gasteiger partial charge in [0, 0.05) is 23.6 Å². The molecule has 0 saturated carbocycles. The van der Waals surface area contributed by atoms with Crippen molar-refractivity contribution in [2.75, 3.05) is 6.61 Å². The van der Waals surface area contributed by atoms with Gasteiger partial charge in [-0.1, -0.05) is 20.3 Å². The zero-order valence-electron chi connectivity index (χ0n) is 13.8. The molecule has 23 heavy (non-hydrogen) atoms. The highest BCUT2D eigenvalue weighted by molar-refractivity contribution is 5.82. The molecule has 1 aromatic carbocycles. The summed E-state index contributed by atoms with van der Waals surface area (Å²) in [6.45, 7) is 5.97. The maximum Gasteiger partial charge on any atom is 0.336 e. The standard InChI is InChI=1S/C18H23NO4/c1-4-6-12(3)19-17(20)11-22-14-7-8-15-13(5-2)9-18(21)23-16(15)10-14/h7-10,12H,4-6,11H2,1-3H3,(H,19,20). The van der Waals surface area contributed by atoms with Crippen LogP contribution in [0.3, 0.4) is 0 Å². The quantitative estimate of drug-likeness (QED) is 0.797. The highest BCUT2D eigenvalue weighted by atomic mass is 16.5. The van der Waals surface area contributed by atoms with Gasteiger partial charge >= 0.3 is 5.63 Å². The minimum absolute atomic E-state index is 0.0583. The average Bonchev–Trinajstić information content (AvgIpc) is 2.51. The number of ether oxygens (including phenoxy) is 1. The van der Waals surface area contributed by atoms with Crippen molar-refractivity contribution in [3.63, 3.8) is 0 Å². The van der Waals surface area contributed by atoms with Crippen LogP contribution in [0.2, 0.25) is 0 Å². The van der Waals surface area contributed by atoms with Crippen LogP contribution < -0.4 is 15.7 Å². The second-order valence-electron chi connectivity index (χ2n) is 5.65. The Morgan fingerprint density at radius 3 is 2.78 bits per heavy atom. The van der Waals surface area contributed by atoms with Crippen LogP contribution in [0.4, 0.5) is 0 Å². The lowest BCUT2D eigenvalue weighted by atomic mass is 10.1. The summed E-state index contributed by atoms with van der Waals surface area (Å²) in [6.07, 6.45) is 2.71. The molecule has 124 valence electrons. The maximum absolute atomic E-state index is 11.8. The third-order valence-electron chi connectivity index (χ3n) is 3.68. The number of aryl methyl sites for hydroxylation is 1. The van der Waals surface area contributed by atoms with Gasteiger partial charge in [-0.25, -0.2) is 4.79 Å². The van der Waals surface area contributed by atoms with Crippen molar-refractivity contribution in [2.24, 2.45) is 0 Å². The molecule has 0 aliphatic rings. The van der Waals surface area contributed by atoms with E-state index in [0.717, 1.165) is 30.2 Å². The molecule has 0 bridgehead atoms. The molecule has 0 aliphatic carbocycles. The molecule has 2 rings (SSSR count). The zero-order valence-corrected chi connectivity index (χ0v) is 13.8. The van der Waals surface area contributed by atoms with Gasteiger partial charge in [-0.15, -0.1) is 0 Å². The van der Waals surface area contributed by atoms with Crippen molar-refractivity contribution in [1.29, 1.82) is 0 Å². The van der Waals surface area contributed by atoms with Crippen LogP contribution in [0.1, 0.15) is 39.2 Å². The summed E-state index contributed by atoms with van der Waals surface area (Å²) in [7, 11) is 0. The Bertz CT molecular complexity index is 735. The molecule has 0 radical (unpaired) electrons. The van der Waals surface area contributed by atoms with Crippen molar-refractivity contribution < 1.29 is 13.9 Å². The molecule has 1 atom stereocenters. The third-order valence-corrected chi connectivity index (χ3v) is 3.68. The number of hydrogen-bond donors (Lipinski definition) is 1. The van der Waals surface area contributed by atoms with Gasteiger partial charge in [0.25, 0.3) is 5.91 Å². The molecule has 5 nitrogen and oxygen atoms in total. The van der Waals surface area contributed by atoms with Gasteiger partial charge < -0.3 is 14.5 Å². The van der Waals surface area contributed by atoms with Crippen LogP contribution in [0, 0.1) is 0 Å². The average molecular weight is 317 g/mol. The van der Waals surface area contributed by atoms with E-state index < -0.39 is 0 Å². The summed E-state index contributed by atoms with van der Waals surface area (Å²) in [5.74, 6) is 0.349. The van der Waals surface area contributed by atoms with Gasteiger partial charge in [-0.3, -0.25) is 4.79 Å². The van der Waals surface area contributed by atoms with Crippen molar-refractivity contribution in [1.82, 2.24) is 5.32 Å². The number of nitrogens with one attached hydrogen (secondary N) is 1. The van der Waals surface area contributed by atoms with Crippen LogP contribution in [0.15, 0.2) is 33.5 Å². The molecular weight excluding hydrogens is 294 g/mol. The largest absolute Gasteiger partial charge is 0.484 e. The lowest BCUT2D eigenvalue weighted by Gasteiger charge is -2.13. The van der Waals surface area contributed by atoms with Crippen LogP contribution in [-0.4, -0.2) is 18.6 Å². The lowest BCUT2D eigenvalue weighted by Crippen LogP contribution is -2.35. The molecule has 2 aromatic rings. The number of hydrogen-bond acceptors (Lipinski definition) is 4. The molecule has 1 aromatic heterocycles. The summed E-state index contributed by atoms with van der Waals surface area (Å²) >= 11 is 0. The van der Waals surface area contributed by atoms with E-state index >= 15 is 0 Å². The monoisotopic (exact) mass is 317 g/mol. The fourth-order valence-corrected chi connectivity index (χ4v) is 2.56. The minimum Gasteiger partial charge on any atom is -0.484 e. The first-order chi connectivity index (χ1) is 11.0. The van der Waals surface area contributed by atoms with Crippen LogP contribution >= 0.6 is 0 Å². The predicted molar refractivity (Wildman–Crippen MR) is 89.9 cm³/mol. The maximum atomic E-state index is 11.8. The summed E-state index contributed by atoms with van der Waals surface area (Å²) in [6, 6.07) is 6.93. The molecule has 1 heterocycles. The number of carbonyl (C=O) groups excluding carboxylic acids is 1. The molecule has 0 saturated heterocycles. The molecule has 1 unspecified atom stereocenters. The Labute approximate surface area is 135 Å². The van der Waals surface area contributed by atoms with Gasteiger partial charge in [-0.2, -0.15) is 0 Å². The molecular formula is C18H23NO4. The number of carbonyl (C=O) groups is 1. The molecule has 5 heteroatoms. The SMILES string of the molecule is CCCC(C)NC(=O)COc1ccc2c(CC)cc(=O)oc2c1. The number of fused-ring (bicyclic) bond motifs is 1. The fourth-order valence-electron chi connectivity index (χ4n) is 2.56. The van der Waals surface area contributed by atoms with Crippen molar-refractivity contribution in [2.45, 2.75) is 46.1 Å². The van der Waals surface area contributed by atoms with Crippen LogP contribution in [0.5, 0.6) is 5.75 Å². The van der Waals surface area contributed by atoms with Gasteiger partial charge in [0.15, 0.2) is 6.61 Å². The second-order valence-corrected chi connectivity index (χ2v) is 5.65. The Kier molecular flexibility index (Phi) is 5.79. The van der Waals surface area contributed by atoms with E-state index in [2.05, 4.69) is 12.2 Å². The number of benzene rings is 1. The van der Waals surface area contributed by atoms with Crippen molar-refractivity contribution in [3.05, 3.63) is 40.2 Å². The first-order valence-electron chi connectivity index (χ1n) is 8.02. The molecule has 0 spiro atoms. The Hall–Kier alpha value is -2.30. The van der Waals surface area contributed by atoms with Crippen LogP contribution in [0.25, 0.3) is 11.0 Å². The highest BCUT2D eigenvalue weighted by Gasteiger charge is 2.09. The smallest absolute Gasteiger partial charge is 0.336 e. The number of amides is 1. The second kappa shape index (κ2) is 7.81. The van der Waals surface area contributed by atoms with Crippen molar-refractivity contribution >= 4 is 16.9 Å². The van der Waals surface area contributed by atoms with Crippen LogP contribution in [-0.2, 0) is 11.2 Å². The first kappa shape index (κ1) is 17.1. The highest BCUT2D eigenvalue weighted by Crippen LogP contribution is 2.22. The topological polar surface area (TPSA) is 68.5 Å². The van der Waals surface area contributed by atoms with Gasteiger partial charge in [-0.05, 0) is 37.5 Å². The molecule has 0 aliphatic heterocycles. The van der Waals surface area contributed by atoms with Crippen molar-refractivity contribution in [3.8, 4) is 5.75 Å². The van der Waals surface area contributed by atoms with E-state index in [9.17, 15) is 9.59 Å². The number of rotatable bonds is 7. The van der Waals surface area contributed by atoms with Gasteiger partial charge in [0.1, 0.15) is 11.3 Å². The lowest BCUT2D eigenvalue weighted by molar-refractivity contribution is -0.123. The van der Waals surface area contributed by atoms with E-state index in [1.165, 1.54) is 6.07 Å². The Morgan fingerprint density at radius 1 is 1.30 bits per heavy atom. The Balaban J connectivity index is 2.07. The van der Waals surface area contributed by atoms with E-state index in [4.69, 9.17) is 9.15 Å². The molecule has 1 amide bonds. The predicted octanol–water partition coefficient (Wildman–Crippen LogP) is 3.04. The van der Waals surface area contributed by atoms with E-state index in [1.54, 1.807) is 12.1 Å². The summed E-state index contributed by atoms with van der Waals surface area (Å²) < 4.78 is 10.7. The van der Waals surface area contributed by atoms with Gasteiger partial charge in [0.05, 0.1) is 0 Å².